The van der Waals surface area contributed by atoms with Crippen LogP contribution in [0.5, 0.6) is 5.75 Å². The number of hydrogen-bond donors (Lipinski definition) is 1. The maximum Gasteiger partial charge on any atom is 0.222 e. The molecule has 1 aromatic carbocycles. The number of aromatic nitrogens is 2. The fourth-order valence-electron chi connectivity index (χ4n) is 3.70. The van der Waals surface area contributed by atoms with E-state index >= 15 is 0 Å². The Balaban J connectivity index is 1.19. The number of carbonyl (C=O) groups excluding carboxylic acids is 1. The Morgan fingerprint density at radius 1 is 1.21 bits per heavy atom. The zero-order chi connectivity index (χ0) is 20.1. The largest absolute Gasteiger partial charge is 0.487 e. The van der Waals surface area contributed by atoms with Crippen molar-refractivity contribution >= 4 is 11.6 Å². The van der Waals surface area contributed by atoms with Gasteiger partial charge >= 0.3 is 0 Å². The first-order chi connectivity index (χ1) is 14.2. The molecule has 3 aromatic rings. The number of imidazole rings is 1. The van der Waals surface area contributed by atoms with Gasteiger partial charge in [0.15, 0.2) is 0 Å². The molecule has 0 unspecified atom stereocenters. The summed E-state index contributed by atoms with van der Waals surface area (Å²) in [6.45, 7) is 6.03. The molecule has 1 N–H and O–H groups in total. The molecule has 0 bridgehead atoms. The first-order valence-electron chi connectivity index (χ1n) is 10.3. The Morgan fingerprint density at radius 2 is 2.07 bits per heavy atom. The number of likely N-dealkylation sites (tertiary alicyclic amines) is 1. The fourth-order valence-corrected chi connectivity index (χ4v) is 3.70. The van der Waals surface area contributed by atoms with E-state index in [0.29, 0.717) is 12.5 Å². The standard InChI is InChI=1S/C23H28N4O2/c1-18-5-2-13-27-16-20(25-23(18)27)17-29-21-9-7-19(8-10-21)15-24-11-4-14-26-12-3-6-22(26)28/h2,5,7-10,13,16,24H,3-4,6,11-12,14-15,17H2,1H3. The molecule has 0 radical (unpaired) electrons. The summed E-state index contributed by atoms with van der Waals surface area (Å²) < 4.78 is 7.92. The SMILES string of the molecule is Cc1cccn2cc(COc3ccc(CNCCCN4CCCC4=O)cc3)nc12. The van der Waals surface area contributed by atoms with Crippen molar-refractivity contribution in [1.29, 1.82) is 0 Å². The van der Waals surface area contributed by atoms with Gasteiger partial charge in [0.05, 0.1) is 5.69 Å². The van der Waals surface area contributed by atoms with Crippen molar-refractivity contribution in [2.45, 2.75) is 39.3 Å². The lowest BCUT2D eigenvalue weighted by molar-refractivity contribution is -0.127. The highest BCUT2D eigenvalue weighted by molar-refractivity contribution is 5.77. The van der Waals surface area contributed by atoms with Gasteiger partial charge in [0.1, 0.15) is 18.0 Å². The second kappa shape index (κ2) is 9.09. The van der Waals surface area contributed by atoms with Gasteiger partial charge in [0, 0.05) is 38.4 Å². The normalized spacial score (nSPS) is 14.1. The van der Waals surface area contributed by atoms with Crippen LogP contribution < -0.4 is 10.1 Å². The Labute approximate surface area is 171 Å². The topological polar surface area (TPSA) is 58.9 Å². The average molecular weight is 393 g/mol. The highest BCUT2D eigenvalue weighted by Gasteiger charge is 2.18. The van der Waals surface area contributed by atoms with Gasteiger partial charge in [-0.25, -0.2) is 4.98 Å². The minimum atomic E-state index is 0.305. The van der Waals surface area contributed by atoms with E-state index in [-0.39, 0.29) is 0 Å². The Bertz CT molecular complexity index is 965. The van der Waals surface area contributed by atoms with E-state index in [4.69, 9.17) is 4.74 Å². The van der Waals surface area contributed by atoms with E-state index in [9.17, 15) is 4.79 Å². The van der Waals surface area contributed by atoms with Gasteiger partial charge in [0.2, 0.25) is 5.91 Å². The number of aryl methyl sites for hydroxylation is 1. The number of fused-ring (bicyclic) bond motifs is 1. The monoisotopic (exact) mass is 392 g/mol. The van der Waals surface area contributed by atoms with Crippen LogP contribution in [0.3, 0.4) is 0 Å². The van der Waals surface area contributed by atoms with Gasteiger partial charge in [-0.05, 0) is 55.6 Å². The minimum Gasteiger partial charge on any atom is -0.487 e. The lowest BCUT2D eigenvalue weighted by Crippen LogP contribution is -2.28. The molecule has 1 saturated heterocycles. The van der Waals surface area contributed by atoms with Gasteiger partial charge in [-0.2, -0.15) is 0 Å². The predicted octanol–water partition coefficient (Wildman–Crippen LogP) is 3.32. The highest BCUT2D eigenvalue weighted by Crippen LogP contribution is 2.16. The molecule has 0 aliphatic carbocycles. The number of hydrogen-bond acceptors (Lipinski definition) is 4. The molecule has 4 rings (SSSR count). The summed E-state index contributed by atoms with van der Waals surface area (Å²) in [5, 5.41) is 3.45. The van der Waals surface area contributed by atoms with Crippen LogP contribution >= 0.6 is 0 Å². The van der Waals surface area contributed by atoms with Crippen molar-refractivity contribution in [3.05, 3.63) is 65.6 Å². The van der Waals surface area contributed by atoms with E-state index in [1.54, 1.807) is 0 Å². The third-order valence-corrected chi connectivity index (χ3v) is 5.32. The molecule has 0 saturated carbocycles. The van der Waals surface area contributed by atoms with Crippen molar-refractivity contribution < 1.29 is 9.53 Å². The van der Waals surface area contributed by atoms with Crippen LogP contribution in [-0.2, 0) is 17.9 Å². The maximum atomic E-state index is 11.6. The maximum absolute atomic E-state index is 11.6. The zero-order valence-electron chi connectivity index (χ0n) is 16.9. The van der Waals surface area contributed by atoms with Gasteiger partial charge in [0.25, 0.3) is 0 Å². The number of amides is 1. The Hall–Kier alpha value is -2.86. The van der Waals surface area contributed by atoms with Crippen LogP contribution in [0, 0.1) is 6.92 Å². The molecular formula is C23H28N4O2. The molecule has 6 nitrogen and oxygen atoms in total. The molecule has 29 heavy (non-hydrogen) atoms. The minimum absolute atomic E-state index is 0.305. The first-order valence-corrected chi connectivity index (χ1v) is 10.3. The molecular weight excluding hydrogens is 364 g/mol. The number of benzene rings is 1. The number of nitrogens with one attached hydrogen (secondary N) is 1. The summed E-state index contributed by atoms with van der Waals surface area (Å²) in [7, 11) is 0. The van der Waals surface area contributed by atoms with Crippen LogP contribution in [0.1, 0.15) is 36.1 Å². The Kier molecular flexibility index (Phi) is 6.10. The van der Waals surface area contributed by atoms with Crippen molar-refractivity contribution in [2.75, 3.05) is 19.6 Å². The quantitative estimate of drug-likeness (QED) is 0.568. The van der Waals surface area contributed by atoms with Crippen LogP contribution in [0.15, 0.2) is 48.8 Å². The van der Waals surface area contributed by atoms with E-state index in [2.05, 4.69) is 35.4 Å². The lowest BCUT2D eigenvalue weighted by Gasteiger charge is -2.15. The highest BCUT2D eigenvalue weighted by atomic mass is 16.5. The summed E-state index contributed by atoms with van der Waals surface area (Å²) in [4.78, 5) is 18.2. The molecule has 0 atom stereocenters. The van der Waals surface area contributed by atoms with Crippen molar-refractivity contribution in [1.82, 2.24) is 19.6 Å². The molecule has 1 aliphatic heterocycles. The van der Waals surface area contributed by atoms with E-state index < -0.39 is 0 Å². The third-order valence-electron chi connectivity index (χ3n) is 5.32. The first kappa shape index (κ1) is 19.5. The van der Waals surface area contributed by atoms with Gasteiger partial charge in [-0.3, -0.25) is 4.79 Å². The van der Waals surface area contributed by atoms with E-state index in [0.717, 1.165) is 68.1 Å². The second-order valence-corrected chi connectivity index (χ2v) is 7.60. The number of ether oxygens (including phenoxy) is 1. The van der Waals surface area contributed by atoms with Crippen molar-refractivity contribution in [2.24, 2.45) is 0 Å². The van der Waals surface area contributed by atoms with Gasteiger partial charge in [-0.15, -0.1) is 0 Å². The summed E-state index contributed by atoms with van der Waals surface area (Å²) >= 11 is 0. The predicted molar refractivity (Wildman–Crippen MR) is 113 cm³/mol. The third kappa shape index (κ3) is 4.95. The summed E-state index contributed by atoms with van der Waals surface area (Å²) in [5.41, 5.74) is 4.27. The molecule has 1 aliphatic rings. The number of carbonyl (C=O) groups is 1. The molecule has 0 spiro atoms. The lowest BCUT2D eigenvalue weighted by atomic mass is 10.2. The molecule has 1 fully saturated rings. The molecule has 1 amide bonds. The second-order valence-electron chi connectivity index (χ2n) is 7.60. The smallest absolute Gasteiger partial charge is 0.222 e. The number of rotatable bonds is 9. The summed E-state index contributed by atoms with van der Waals surface area (Å²) in [5.74, 6) is 1.15. The molecule has 2 aromatic heterocycles. The van der Waals surface area contributed by atoms with Crippen LogP contribution in [0.25, 0.3) is 5.65 Å². The fraction of sp³-hybridized carbons (Fsp3) is 0.391. The van der Waals surface area contributed by atoms with E-state index in [1.807, 2.05) is 39.9 Å². The van der Waals surface area contributed by atoms with Crippen LogP contribution in [0.2, 0.25) is 0 Å². The Morgan fingerprint density at radius 3 is 2.83 bits per heavy atom. The molecule has 3 heterocycles. The van der Waals surface area contributed by atoms with Crippen molar-refractivity contribution in [3.63, 3.8) is 0 Å². The zero-order valence-corrected chi connectivity index (χ0v) is 16.9. The molecule has 6 heteroatoms. The van der Waals surface area contributed by atoms with Gasteiger partial charge in [-0.1, -0.05) is 18.2 Å². The van der Waals surface area contributed by atoms with Gasteiger partial charge < -0.3 is 19.4 Å². The summed E-state index contributed by atoms with van der Waals surface area (Å²) in [6, 6.07) is 12.3. The van der Waals surface area contributed by atoms with Crippen LogP contribution in [-0.4, -0.2) is 39.8 Å². The summed E-state index contributed by atoms with van der Waals surface area (Å²) in [6.07, 6.45) is 6.74. The number of nitrogens with zero attached hydrogens (tertiary/aromatic N) is 3. The average Bonchev–Trinajstić information content (AvgIpc) is 3.34. The number of pyridine rings is 1. The van der Waals surface area contributed by atoms with E-state index in [1.165, 1.54) is 5.56 Å². The van der Waals surface area contributed by atoms with Crippen molar-refractivity contribution in [3.8, 4) is 5.75 Å². The van der Waals surface area contributed by atoms with Crippen LogP contribution in [0.4, 0.5) is 0 Å². The molecule has 152 valence electrons.